The Morgan fingerprint density at radius 3 is 2.08 bits per heavy atom. The first-order valence-corrected chi connectivity index (χ1v) is 3.78. The van der Waals surface area contributed by atoms with Gasteiger partial charge in [0.2, 0.25) is 0 Å². The summed E-state index contributed by atoms with van der Waals surface area (Å²) < 4.78 is 0. The second-order valence-electron chi connectivity index (χ2n) is 2.64. The number of rotatable bonds is 3. The molecule has 76 valence electrons. The van der Waals surface area contributed by atoms with Gasteiger partial charge in [-0.25, -0.2) is 4.79 Å². The van der Waals surface area contributed by atoms with Crippen LogP contribution < -0.4 is 0 Å². The number of urea groups is 1. The van der Waals surface area contributed by atoms with E-state index < -0.39 is 25.2 Å². The average Bonchev–Trinajstić information content (AvgIpc) is 2.31. The van der Waals surface area contributed by atoms with Crippen molar-refractivity contribution in [2.24, 2.45) is 0 Å². The topological polar surface area (TPSA) is 104 Å². The van der Waals surface area contributed by atoms with Crippen molar-refractivity contribution in [2.45, 2.75) is 12.5 Å². The smallest absolute Gasteiger partial charge is 0.326 e. The Morgan fingerprint density at radius 2 is 1.69 bits per heavy atom. The van der Waals surface area contributed by atoms with Crippen LogP contribution in [0.2, 0.25) is 0 Å². The van der Waals surface area contributed by atoms with Gasteiger partial charge in [-0.2, -0.15) is 0 Å². The lowest BCUT2D eigenvalue weighted by atomic mass is 10.4. The molecule has 2 unspecified atom stereocenters. The molecule has 0 saturated carbocycles. The van der Waals surface area contributed by atoms with Gasteiger partial charge in [-0.05, 0) is 0 Å². The first-order chi connectivity index (χ1) is 6.13. The van der Waals surface area contributed by atoms with E-state index in [4.69, 9.17) is 10.2 Å². The Labute approximate surface area is 74.4 Å². The highest BCUT2D eigenvalue weighted by atomic mass is 16.4. The number of amides is 2. The molecule has 1 aliphatic heterocycles. The molecule has 0 spiro atoms. The van der Waals surface area contributed by atoms with Gasteiger partial charge in [-0.1, -0.05) is 0 Å². The van der Waals surface area contributed by atoms with Crippen LogP contribution in [0.4, 0.5) is 4.79 Å². The fourth-order valence-corrected chi connectivity index (χ4v) is 1.19. The highest BCUT2D eigenvalue weighted by Gasteiger charge is 2.43. The van der Waals surface area contributed by atoms with Gasteiger partial charge in [0.05, 0.1) is 6.61 Å². The Bertz CT molecular complexity index is 199. The lowest BCUT2D eigenvalue weighted by molar-refractivity contribution is -0.0825. The molecule has 0 aromatic carbocycles. The van der Waals surface area contributed by atoms with Gasteiger partial charge >= 0.3 is 6.03 Å². The van der Waals surface area contributed by atoms with E-state index in [1.165, 1.54) is 0 Å². The minimum absolute atomic E-state index is 0.0758. The molecular weight excluding hydrogens is 180 g/mol. The standard InChI is InChI=1S/C6H12N2O5/c9-2-1-7-4(11)5(12)8(3-10)6(7)13/h4-5,9-12H,1-3H2. The van der Waals surface area contributed by atoms with Crippen molar-refractivity contribution in [1.82, 2.24) is 9.80 Å². The molecule has 13 heavy (non-hydrogen) atoms. The zero-order chi connectivity index (χ0) is 10.0. The molecule has 1 fully saturated rings. The molecule has 1 heterocycles. The molecule has 2 atom stereocenters. The molecule has 7 nitrogen and oxygen atoms in total. The lowest BCUT2D eigenvalue weighted by Crippen LogP contribution is -2.38. The maximum absolute atomic E-state index is 11.2. The van der Waals surface area contributed by atoms with E-state index in [2.05, 4.69) is 0 Å². The summed E-state index contributed by atoms with van der Waals surface area (Å²) >= 11 is 0. The third kappa shape index (κ3) is 1.59. The van der Waals surface area contributed by atoms with Crippen LogP contribution in [-0.4, -0.2) is 68.6 Å². The van der Waals surface area contributed by atoms with Crippen LogP contribution in [0.15, 0.2) is 0 Å². The summed E-state index contributed by atoms with van der Waals surface area (Å²) in [4.78, 5) is 12.8. The predicted molar refractivity (Wildman–Crippen MR) is 40.1 cm³/mol. The van der Waals surface area contributed by atoms with Crippen LogP contribution >= 0.6 is 0 Å². The first-order valence-electron chi connectivity index (χ1n) is 3.78. The van der Waals surface area contributed by atoms with Crippen LogP contribution in [-0.2, 0) is 0 Å². The zero-order valence-electron chi connectivity index (χ0n) is 6.87. The summed E-state index contributed by atoms with van der Waals surface area (Å²) in [5.41, 5.74) is 0. The minimum atomic E-state index is -1.44. The lowest BCUT2D eigenvalue weighted by Gasteiger charge is -2.17. The number of carbonyl (C=O) groups is 1. The molecule has 1 rings (SSSR count). The SMILES string of the molecule is O=C1N(CO)C(O)C(O)N1CCO. The van der Waals surface area contributed by atoms with Crippen LogP contribution in [0.3, 0.4) is 0 Å². The number of β-amino-alcohol motifs (C(OH)–C–C–N with tert-alkyl or cyclic N) is 1. The van der Waals surface area contributed by atoms with E-state index >= 15 is 0 Å². The number of carbonyl (C=O) groups excluding carboxylic acids is 1. The van der Waals surface area contributed by atoms with Crippen LogP contribution in [0.5, 0.6) is 0 Å². The Morgan fingerprint density at radius 1 is 1.15 bits per heavy atom. The van der Waals surface area contributed by atoms with Gasteiger partial charge in [0, 0.05) is 6.54 Å². The number of aliphatic hydroxyl groups excluding tert-OH is 4. The summed E-state index contributed by atoms with van der Waals surface area (Å²) in [6.07, 6.45) is -2.84. The van der Waals surface area contributed by atoms with Gasteiger partial charge in [0.15, 0.2) is 12.5 Å². The van der Waals surface area contributed by atoms with E-state index in [-0.39, 0.29) is 13.2 Å². The van der Waals surface area contributed by atoms with Crippen LogP contribution in [0.25, 0.3) is 0 Å². The molecule has 1 aliphatic rings. The molecule has 0 radical (unpaired) electrons. The molecule has 0 bridgehead atoms. The monoisotopic (exact) mass is 192 g/mol. The van der Waals surface area contributed by atoms with E-state index in [1.54, 1.807) is 0 Å². The van der Waals surface area contributed by atoms with Gasteiger partial charge in [-0.15, -0.1) is 0 Å². The van der Waals surface area contributed by atoms with Crippen molar-refractivity contribution in [3.8, 4) is 0 Å². The molecule has 0 aromatic heterocycles. The third-order valence-electron chi connectivity index (χ3n) is 1.89. The molecule has 7 heteroatoms. The van der Waals surface area contributed by atoms with Gasteiger partial charge in [-0.3, -0.25) is 9.80 Å². The quantitative estimate of drug-likeness (QED) is 0.389. The molecule has 4 N–H and O–H groups in total. The number of hydrogen-bond donors (Lipinski definition) is 4. The largest absolute Gasteiger partial charge is 0.395 e. The second kappa shape index (κ2) is 3.88. The van der Waals surface area contributed by atoms with Gasteiger partial charge in [0.1, 0.15) is 6.73 Å². The molecule has 2 amide bonds. The predicted octanol–water partition coefficient (Wildman–Crippen LogP) is -2.70. The third-order valence-corrected chi connectivity index (χ3v) is 1.89. The van der Waals surface area contributed by atoms with Crippen molar-refractivity contribution < 1.29 is 25.2 Å². The molecule has 1 saturated heterocycles. The second-order valence-corrected chi connectivity index (χ2v) is 2.64. The van der Waals surface area contributed by atoms with Crippen LogP contribution in [0, 0.1) is 0 Å². The van der Waals surface area contributed by atoms with Crippen molar-refractivity contribution in [3.63, 3.8) is 0 Å². The van der Waals surface area contributed by atoms with Crippen molar-refractivity contribution in [2.75, 3.05) is 19.9 Å². The van der Waals surface area contributed by atoms with E-state index in [1.807, 2.05) is 0 Å². The van der Waals surface area contributed by atoms with Crippen molar-refractivity contribution in [1.29, 1.82) is 0 Å². The molecule has 0 aliphatic carbocycles. The Hall–Kier alpha value is -0.890. The summed E-state index contributed by atoms with van der Waals surface area (Å²) in [6, 6.07) is -0.698. The maximum Gasteiger partial charge on any atom is 0.326 e. The molecular formula is C6H12N2O5. The van der Waals surface area contributed by atoms with E-state index in [0.29, 0.717) is 4.90 Å². The minimum Gasteiger partial charge on any atom is -0.395 e. The fourth-order valence-electron chi connectivity index (χ4n) is 1.19. The Balaban J connectivity index is 2.72. The van der Waals surface area contributed by atoms with Crippen LogP contribution in [0.1, 0.15) is 0 Å². The summed E-state index contributed by atoms with van der Waals surface area (Å²) in [6.45, 7) is -1.05. The van der Waals surface area contributed by atoms with E-state index in [9.17, 15) is 15.0 Å². The van der Waals surface area contributed by atoms with Crippen molar-refractivity contribution >= 4 is 6.03 Å². The average molecular weight is 192 g/mol. The number of hydrogen-bond acceptors (Lipinski definition) is 5. The highest BCUT2D eigenvalue weighted by molar-refractivity contribution is 5.77. The maximum atomic E-state index is 11.2. The summed E-state index contributed by atoms with van der Waals surface area (Å²) in [5.74, 6) is 0. The number of aliphatic hydroxyl groups is 4. The van der Waals surface area contributed by atoms with Gasteiger partial charge < -0.3 is 20.4 Å². The highest BCUT2D eigenvalue weighted by Crippen LogP contribution is 2.18. The van der Waals surface area contributed by atoms with Gasteiger partial charge in [0.25, 0.3) is 0 Å². The Kier molecular flexibility index (Phi) is 3.04. The normalized spacial score (nSPS) is 28.8. The zero-order valence-corrected chi connectivity index (χ0v) is 6.87. The van der Waals surface area contributed by atoms with E-state index in [0.717, 1.165) is 4.90 Å². The first kappa shape index (κ1) is 10.2. The summed E-state index contributed by atoms with van der Waals surface area (Å²) in [7, 11) is 0. The summed E-state index contributed by atoms with van der Waals surface area (Å²) in [5, 5.41) is 35.6. The molecule has 0 aromatic rings. The fraction of sp³-hybridized carbons (Fsp3) is 0.833. The van der Waals surface area contributed by atoms with Crippen molar-refractivity contribution in [3.05, 3.63) is 0 Å². The number of nitrogens with zero attached hydrogens (tertiary/aromatic N) is 2.